The van der Waals surface area contributed by atoms with Crippen molar-refractivity contribution in [2.45, 2.75) is 65.5 Å². The van der Waals surface area contributed by atoms with Gasteiger partial charge in [-0.1, -0.05) is 37.3 Å². The molecule has 155 valence electrons. The van der Waals surface area contributed by atoms with Gasteiger partial charge in [-0.2, -0.15) is 5.26 Å². The van der Waals surface area contributed by atoms with Crippen LogP contribution in [0.3, 0.4) is 0 Å². The molecule has 2 aromatic rings. The van der Waals surface area contributed by atoms with E-state index < -0.39 is 0 Å². The Kier molecular flexibility index (Phi) is 9.42. The molecule has 1 heterocycles. The Hall–Kier alpha value is -1.34. The first-order valence-corrected chi connectivity index (χ1v) is 10.9. The van der Waals surface area contributed by atoms with E-state index in [4.69, 9.17) is 0 Å². The molecule has 1 radical (unpaired) electrons. The number of quaternary nitrogens is 1. The van der Waals surface area contributed by atoms with Crippen LogP contribution in [0.2, 0.25) is 0 Å². The smallest absolute Gasteiger partial charge is 0.194 e. The molecule has 2 aromatic carbocycles. The Morgan fingerprint density at radius 3 is 2.30 bits per heavy atom. The summed E-state index contributed by atoms with van der Waals surface area (Å²) in [5.41, 5.74) is 5.48. The van der Waals surface area contributed by atoms with Crippen LogP contribution in [-0.4, -0.2) is 29.4 Å². The number of hydrogen-bond acceptors (Lipinski definition) is 2. The van der Waals surface area contributed by atoms with Gasteiger partial charge >= 0.3 is 0 Å². The average Bonchev–Trinajstić information content (AvgIpc) is 2.72. The largest absolute Gasteiger partial charge is 0.311 e. The quantitative estimate of drug-likeness (QED) is 0.509. The van der Waals surface area contributed by atoms with Crippen LogP contribution >= 0.6 is 0 Å². The van der Waals surface area contributed by atoms with Crippen molar-refractivity contribution in [3.05, 3.63) is 70.3 Å². The molecule has 1 fully saturated rings. The van der Waals surface area contributed by atoms with Crippen molar-refractivity contribution in [2.75, 3.05) is 13.1 Å². The summed E-state index contributed by atoms with van der Waals surface area (Å²) >= 11 is 0. The van der Waals surface area contributed by atoms with Crippen LogP contribution < -0.4 is 0 Å². The van der Waals surface area contributed by atoms with Crippen molar-refractivity contribution in [1.29, 1.82) is 5.26 Å². The maximum atomic E-state index is 13.6. The second kappa shape index (κ2) is 11.3. The van der Waals surface area contributed by atoms with Crippen LogP contribution in [0.4, 0.5) is 0 Å². The second-order valence-corrected chi connectivity index (χ2v) is 8.63. The molecule has 0 N–H and O–H groups in total. The number of nitriles is 1. The molecule has 1 aliphatic rings. The standard InChI is InChI=1S/C26H33N2O.Y/c1-4-25(26(29)17-24-20(2)10-8-11-21(24)3)28(14-6-5-7-15-28)19-23-13-9-12-22(16-23)18-27;/h8-13,16,25H,4-7,14-15,17,19H2,1-3H3;/q+1;. The molecule has 1 aliphatic heterocycles. The molecule has 0 amide bonds. The third kappa shape index (κ3) is 5.67. The van der Waals surface area contributed by atoms with E-state index in [-0.39, 0.29) is 38.8 Å². The van der Waals surface area contributed by atoms with Crippen LogP contribution in [0.25, 0.3) is 0 Å². The van der Waals surface area contributed by atoms with Gasteiger partial charge in [0.05, 0.1) is 24.7 Å². The van der Waals surface area contributed by atoms with E-state index in [0.717, 1.165) is 30.5 Å². The van der Waals surface area contributed by atoms with Crippen molar-refractivity contribution in [1.82, 2.24) is 0 Å². The van der Waals surface area contributed by atoms with E-state index in [0.29, 0.717) is 17.8 Å². The minimum absolute atomic E-state index is 0. The van der Waals surface area contributed by atoms with Crippen molar-refractivity contribution >= 4 is 5.78 Å². The van der Waals surface area contributed by atoms with E-state index in [1.165, 1.54) is 41.5 Å². The van der Waals surface area contributed by atoms with E-state index in [2.05, 4.69) is 51.1 Å². The topological polar surface area (TPSA) is 40.9 Å². The number of nitrogens with zero attached hydrogens (tertiary/aromatic N) is 2. The van der Waals surface area contributed by atoms with Crippen LogP contribution in [0.5, 0.6) is 0 Å². The first-order valence-electron chi connectivity index (χ1n) is 10.9. The Labute approximate surface area is 206 Å². The normalized spacial score (nSPS) is 16.2. The number of rotatable bonds is 7. The first kappa shape index (κ1) is 24.9. The van der Waals surface area contributed by atoms with Crippen molar-refractivity contribution in [3.8, 4) is 6.07 Å². The van der Waals surface area contributed by atoms with E-state index >= 15 is 0 Å². The van der Waals surface area contributed by atoms with Gasteiger partial charge in [0, 0.05) is 51.1 Å². The van der Waals surface area contributed by atoms with Crippen LogP contribution in [-0.2, 0) is 50.5 Å². The van der Waals surface area contributed by atoms with Gasteiger partial charge < -0.3 is 4.48 Å². The molecular formula is C26H33N2OY+. The van der Waals surface area contributed by atoms with Gasteiger partial charge in [-0.05, 0) is 61.9 Å². The molecule has 4 heteroatoms. The van der Waals surface area contributed by atoms with Gasteiger partial charge in [0.25, 0.3) is 0 Å². The number of piperidine rings is 1. The maximum absolute atomic E-state index is 13.6. The third-order valence-corrected chi connectivity index (χ3v) is 6.68. The van der Waals surface area contributed by atoms with Gasteiger partial charge in [-0.3, -0.25) is 4.79 Å². The minimum atomic E-state index is 0. The van der Waals surface area contributed by atoms with E-state index in [1.807, 2.05) is 18.2 Å². The molecule has 0 bridgehead atoms. The molecular weight excluding hydrogens is 445 g/mol. The average molecular weight is 478 g/mol. The molecule has 3 nitrogen and oxygen atoms in total. The van der Waals surface area contributed by atoms with Gasteiger partial charge in [-0.25, -0.2) is 0 Å². The van der Waals surface area contributed by atoms with Crippen LogP contribution in [0.15, 0.2) is 42.5 Å². The van der Waals surface area contributed by atoms with Crippen LogP contribution in [0, 0.1) is 25.2 Å². The number of carbonyl (C=O) groups is 1. The summed E-state index contributed by atoms with van der Waals surface area (Å²) in [5.74, 6) is 0.364. The van der Waals surface area contributed by atoms with Gasteiger partial charge in [0.2, 0.25) is 0 Å². The Balaban J connectivity index is 0.00000320. The Morgan fingerprint density at radius 1 is 1.07 bits per heavy atom. The van der Waals surface area contributed by atoms with Gasteiger partial charge in [0.1, 0.15) is 12.6 Å². The molecule has 0 aromatic heterocycles. The minimum Gasteiger partial charge on any atom is -0.311 e. The summed E-state index contributed by atoms with van der Waals surface area (Å²) < 4.78 is 0.842. The van der Waals surface area contributed by atoms with Gasteiger partial charge in [-0.15, -0.1) is 0 Å². The summed E-state index contributed by atoms with van der Waals surface area (Å²) in [7, 11) is 0. The molecule has 0 saturated carbocycles. The molecule has 30 heavy (non-hydrogen) atoms. The maximum Gasteiger partial charge on any atom is 0.194 e. The van der Waals surface area contributed by atoms with Gasteiger partial charge in [0.15, 0.2) is 5.78 Å². The zero-order chi connectivity index (χ0) is 20.9. The number of carbonyl (C=O) groups excluding carboxylic acids is 1. The summed E-state index contributed by atoms with van der Waals surface area (Å²) in [6.45, 7) is 9.31. The summed E-state index contributed by atoms with van der Waals surface area (Å²) in [5, 5.41) is 9.28. The number of ketones is 1. The van der Waals surface area contributed by atoms with Crippen molar-refractivity contribution in [3.63, 3.8) is 0 Å². The number of likely N-dealkylation sites (tertiary alicyclic amines) is 1. The number of hydrogen-bond donors (Lipinski definition) is 0. The van der Waals surface area contributed by atoms with E-state index in [1.54, 1.807) is 0 Å². The second-order valence-electron chi connectivity index (χ2n) is 8.63. The summed E-state index contributed by atoms with van der Waals surface area (Å²) in [6.07, 6.45) is 4.98. The van der Waals surface area contributed by atoms with Crippen LogP contribution in [0.1, 0.15) is 60.4 Å². The third-order valence-electron chi connectivity index (χ3n) is 6.68. The monoisotopic (exact) mass is 478 g/mol. The molecule has 1 saturated heterocycles. The number of Topliss-reactive ketones (excluding diaryl/α,β-unsaturated/α-hetero) is 1. The van der Waals surface area contributed by atoms with E-state index in [9.17, 15) is 10.1 Å². The molecule has 0 spiro atoms. The fourth-order valence-electron chi connectivity index (χ4n) is 5.17. The first-order chi connectivity index (χ1) is 14.0. The molecule has 0 aliphatic carbocycles. The zero-order valence-electron chi connectivity index (χ0n) is 18.7. The fraction of sp³-hybridized carbons (Fsp3) is 0.462. The molecule has 1 atom stereocenters. The predicted octanol–water partition coefficient (Wildman–Crippen LogP) is 5.26. The predicted molar refractivity (Wildman–Crippen MR) is 117 cm³/mol. The fourth-order valence-corrected chi connectivity index (χ4v) is 5.17. The summed E-state index contributed by atoms with van der Waals surface area (Å²) in [4.78, 5) is 13.6. The zero-order valence-corrected chi connectivity index (χ0v) is 21.5. The SMILES string of the molecule is CCC(C(=O)Cc1c(C)cccc1C)[N+]1(Cc2cccc(C#N)c2)CCCCC1.[Y]. The number of benzene rings is 2. The summed E-state index contributed by atoms with van der Waals surface area (Å²) in [6, 6.07) is 16.5. The molecule has 1 unspecified atom stereocenters. The molecule has 3 rings (SSSR count). The Bertz CT molecular complexity index is 889. The van der Waals surface area contributed by atoms with Crippen molar-refractivity contribution < 1.29 is 42.0 Å². The number of aryl methyl sites for hydroxylation is 2. The Morgan fingerprint density at radius 2 is 1.70 bits per heavy atom. The van der Waals surface area contributed by atoms with Crippen molar-refractivity contribution in [2.24, 2.45) is 0 Å².